The van der Waals surface area contributed by atoms with E-state index in [4.69, 9.17) is 9.72 Å². The quantitative estimate of drug-likeness (QED) is 0.284. The van der Waals surface area contributed by atoms with Crippen molar-refractivity contribution in [3.8, 4) is 17.1 Å². The number of unbranched alkanes of at least 4 members (excludes halogenated alkanes) is 1. The summed E-state index contributed by atoms with van der Waals surface area (Å²) in [7, 11) is 0. The minimum atomic E-state index is 0.463. The third kappa shape index (κ3) is 4.82. The number of nitrogens with zero attached hydrogens (tertiary/aromatic N) is 2. The van der Waals surface area contributed by atoms with Crippen molar-refractivity contribution in [3.63, 3.8) is 0 Å². The summed E-state index contributed by atoms with van der Waals surface area (Å²) < 4.78 is 8.55. The molecule has 160 valence electrons. The predicted octanol–water partition coefficient (Wildman–Crippen LogP) is 7.30. The first kappa shape index (κ1) is 21.2. The van der Waals surface area contributed by atoms with Crippen molar-refractivity contribution in [1.82, 2.24) is 9.55 Å². The first-order valence-corrected chi connectivity index (χ1v) is 11.3. The second kappa shape index (κ2) is 9.38. The van der Waals surface area contributed by atoms with Gasteiger partial charge in [0.2, 0.25) is 0 Å². The minimum Gasteiger partial charge on any atom is -0.493 e. The van der Waals surface area contributed by atoms with Crippen molar-refractivity contribution in [2.75, 3.05) is 6.61 Å². The number of fused-ring (bicyclic) bond motifs is 1. The molecule has 0 unspecified atom stereocenters. The van der Waals surface area contributed by atoms with Crippen LogP contribution in [0.25, 0.3) is 22.4 Å². The zero-order valence-corrected chi connectivity index (χ0v) is 19.1. The number of rotatable bonds is 8. The number of ether oxygens (including phenoxy) is 1. The van der Waals surface area contributed by atoms with Gasteiger partial charge in [-0.05, 0) is 68.0 Å². The first-order chi connectivity index (χ1) is 15.0. The van der Waals surface area contributed by atoms with Gasteiger partial charge in [0.1, 0.15) is 11.6 Å². The van der Waals surface area contributed by atoms with E-state index in [2.05, 4.69) is 99.0 Å². The summed E-state index contributed by atoms with van der Waals surface area (Å²) in [5.74, 6) is 2.54. The molecule has 0 saturated carbocycles. The maximum Gasteiger partial charge on any atom is 0.141 e. The molecule has 3 nitrogen and oxygen atoms in total. The number of para-hydroxylation sites is 2. The fourth-order valence-corrected chi connectivity index (χ4v) is 4.10. The molecule has 0 amide bonds. The van der Waals surface area contributed by atoms with E-state index in [1.54, 1.807) is 0 Å². The lowest BCUT2D eigenvalue weighted by Gasteiger charge is -2.15. The molecule has 0 spiro atoms. The van der Waals surface area contributed by atoms with Crippen LogP contribution in [0.15, 0.2) is 66.7 Å². The highest BCUT2D eigenvalue weighted by atomic mass is 16.5. The number of aryl methyl sites for hydroxylation is 3. The third-order valence-electron chi connectivity index (χ3n) is 5.76. The average Bonchev–Trinajstić information content (AvgIpc) is 3.12. The van der Waals surface area contributed by atoms with Crippen LogP contribution >= 0.6 is 0 Å². The lowest BCUT2D eigenvalue weighted by atomic mass is 10.0. The fourth-order valence-electron chi connectivity index (χ4n) is 4.10. The largest absolute Gasteiger partial charge is 0.493 e. The zero-order chi connectivity index (χ0) is 21.8. The minimum absolute atomic E-state index is 0.463. The molecule has 0 aliphatic rings. The Balaban J connectivity index is 1.46. The Kier molecular flexibility index (Phi) is 6.41. The van der Waals surface area contributed by atoms with Gasteiger partial charge in [-0.25, -0.2) is 4.98 Å². The molecular weight excluding hydrogens is 380 g/mol. The molecule has 0 N–H and O–H groups in total. The number of aromatic nitrogens is 2. The van der Waals surface area contributed by atoms with E-state index in [1.165, 1.54) is 27.8 Å². The molecule has 0 saturated heterocycles. The summed E-state index contributed by atoms with van der Waals surface area (Å²) in [6.07, 6.45) is 2.05. The molecule has 4 rings (SSSR count). The van der Waals surface area contributed by atoms with E-state index in [-0.39, 0.29) is 0 Å². The van der Waals surface area contributed by atoms with Gasteiger partial charge in [0.05, 0.1) is 17.6 Å². The lowest BCUT2D eigenvalue weighted by Crippen LogP contribution is -2.05. The molecule has 1 aromatic heterocycles. The molecule has 0 aliphatic carbocycles. The number of benzene rings is 3. The number of imidazole rings is 1. The van der Waals surface area contributed by atoms with Gasteiger partial charge in [0.15, 0.2) is 0 Å². The molecule has 4 aromatic rings. The van der Waals surface area contributed by atoms with E-state index in [1.807, 2.05) is 0 Å². The molecule has 0 aliphatic heterocycles. The Labute approximate surface area is 185 Å². The first-order valence-electron chi connectivity index (χ1n) is 11.3. The summed E-state index contributed by atoms with van der Waals surface area (Å²) >= 11 is 0. The van der Waals surface area contributed by atoms with Gasteiger partial charge in [-0.15, -0.1) is 0 Å². The summed E-state index contributed by atoms with van der Waals surface area (Å²) in [4.78, 5) is 4.94. The maximum atomic E-state index is 6.19. The monoisotopic (exact) mass is 412 g/mol. The molecular formula is C28H32N2O. The lowest BCUT2D eigenvalue weighted by molar-refractivity contribution is 0.299. The molecule has 31 heavy (non-hydrogen) atoms. The van der Waals surface area contributed by atoms with Gasteiger partial charge in [0, 0.05) is 12.1 Å². The summed E-state index contributed by atoms with van der Waals surface area (Å²) in [5.41, 5.74) is 7.20. The second-order valence-corrected chi connectivity index (χ2v) is 8.70. The van der Waals surface area contributed by atoms with Crippen molar-refractivity contribution in [1.29, 1.82) is 0 Å². The van der Waals surface area contributed by atoms with Gasteiger partial charge in [-0.2, -0.15) is 0 Å². The van der Waals surface area contributed by atoms with Crippen LogP contribution in [0, 0.1) is 13.8 Å². The highest BCUT2D eigenvalue weighted by molar-refractivity contribution is 5.80. The molecule has 3 aromatic carbocycles. The van der Waals surface area contributed by atoms with Crippen molar-refractivity contribution in [2.45, 2.75) is 53.0 Å². The summed E-state index contributed by atoms with van der Waals surface area (Å²) in [6, 6.07) is 23.5. The molecule has 0 bridgehead atoms. The van der Waals surface area contributed by atoms with Crippen LogP contribution in [-0.2, 0) is 6.54 Å². The topological polar surface area (TPSA) is 27.1 Å². The standard InChI is InChI=1S/C28H32N2O/c1-20(2)24-15-14-22(4)19-27(24)31-17-8-7-16-30-26-13-6-5-12-25(26)29-28(30)23-11-9-10-21(3)18-23/h5-6,9-15,18-20H,7-8,16-17H2,1-4H3. The highest BCUT2D eigenvalue weighted by Crippen LogP contribution is 2.28. The Hall–Kier alpha value is -3.07. The molecule has 3 heteroatoms. The van der Waals surface area contributed by atoms with Gasteiger partial charge in [-0.3, -0.25) is 0 Å². The summed E-state index contributed by atoms with van der Waals surface area (Å²) in [5, 5.41) is 0. The van der Waals surface area contributed by atoms with Crippen molar-refractivity contribution in [2.24, 2.45) is 0 Å². The number of hydrogen-bond acceptors (Lipinski definition) is 2. The molecule has 0 atom stereocenters. The maximum absolute atomic E-state index is 6.19. The van der Waals surface area contributed by atoms with Crippen LogP contribution in [0.1, 0.15) is 49.3 Å². The van der Waals surface area contributed by atoms with Crippen molar-refractivity contribution < 1.29 is 4.74 Å². The Morgan fingerprint density at radius 3 is 2.48 bits per heavy atom. The Bertz CT molecular complexity index is 1170. The molecule has 1 heterocycles. The number of hydrogen-bond donors (Lipinski definition) is 0. The molecule has 0 fully saturated rings. The van der Waals surface area contributed by atoms with E-state index in [0.29, 0.717) is 5.92 Å². The van der Waals surface area contributed by atoms with E-state index < -0.39 is 0 Å². The average molecular weight is 413 g/mol. The zero-order valence-electron chi connectivity index (χ0n) is 19.1. The normalized spacial score (nSPS) is 11.4. The van der Waals surface area contributed by atoms with Crippen LogP contribution in [0.4, 0.5) is 0 Å². The van der Waals surface area contributed by atoms with Crippen LogP contribution in [-0.4, -0.2) is 16.2 Å². The van der Waals surface area contributed by atoms with Gasteiger partial charge < -0.3 is 9.30 Å². The SMILES string of the molecule is Cc1cccc(-c2nc3ccccc3n2CCCCOc2cc(C)ccc2C(C)C)c1. The predicted molar refractivity (Wildman–Crippen MR) is 130 cm³/mol. The van der Waals surface area contributed by atoms with Gasteiger partial charge >= 0.3 is 0 Å². The van der Waals surface area contributed by atoms with E-state index in [0.717, 1.165) is 43.1 Å². The third-order valence-corrected chi connectivity index (χ3v) is 5.76. The Morgan fingerprint density at radius 1 is 0.871 bits per heavy atom. The van der Waals surface area contributed by atoms with Crippen LogP contribution in [0.3, 0.4) is 0 Å². The van der Waals surface area contributed by atoms with E-state index >= 15 is 0 Å². The highest BCUT2D eigenvalue weighted by Gasteiger charge is 2.13. The van der Waals surface area contributed by atoms with E-state index in [9.17, 15) is 0 Å². The molecule has 0 radical (unpaired) electrons. The van der Waals surface area contributed by atoms with Crippen LogP contribution < -0.4 is 4.74 Å². The van der Waals surface area contributed by atoms with Crippen LogP contribution in [0.2, 0.25) is 0 Å². The Morgan fingerprint density at radius 2 is 1.68 bits per heavy atom. The fraction of sp³-hybridized carbons (Fsp3) is 0.321. The van der Waals surface area contributed by atoms with Gasteiger partial charge in [-0.1, -0.05) is 61.9 Å². The van der Waals surface area contributed by atoms with Crippen molar-refractivity contribution in [3.05, 3.63) is 83.4 Å². The van der Waals surface area contributed by atoms with Gasteiger partial charge in [0.25, 0.3) is 0 Å². The smallest absolute Gasteiger partial charge is 0.141 e. The summed E-state index contributed by atoms with van der Waals surface area (Å²) in [6.45, 7) is 10.3. The van der Waals surface area contributed by atoms with Crippen LogP contribution in [0.5, 0.6) is 5.75 Å². The second-order valence-electron chi connectivity index (χ2n) is 8.70. The van der Waals surface area contributed by atoms with Crippen molar-refractivity contribution >= 4 is 11.0 Å².